The van der Waals surface area contributed by atoms with Crippen molar-refractivity contribution in [2.24, 2.45) is 0 Å². The van der Waals surface area contributed by atoms with Crippen molar-refractivity contribution in [3.63, 3.8) is 0 Å². The molecule has 0 aromatic carbocycles. The maximum absolute atomic E-state index is 11.5. The summed E-state index contributed by atoms with van der Waals surface area (Å²) in [7, 11) is 0. The van der Waals surface area contributed by atoms with Crippen LogP contribution in [-0.4, -0.2) is 16.1 Å². The average Bonchev–Trinajstić information content (AvgIpc) is 2.75. The number of hydrogen-bond acceptors (Lipinski definition) is 3. The van der Waals surface area contributed by atoms with Crippen molar-refractivity contribution in [2.75, 3.05) is 5.32 Å². The Hall–Kier alpha value is -1.33. The lowest BCUT2D eigenvalue weighted by Crippen LogP contribution is -2.10. The van der Waals surface area contributed by atoms with Gasteiger partial charge in [0.15, 0.2) is 0 Å². The first-order valence-corrected chi connectivity index (χ1v) is 5.01. The molecule has 2 aromatic rings. The van der Waals surface area contributed by atoms with Crippen LogP contribution in [0.15, 0.2) is 24.4 Å². The fraction of sp³-hybridized carbons (Fsp3) is 0. The summed E-state index contributed by atoms with van der Waals surface area (Å²) in [5.74, 6) is 0.380. The number of aromatic amines is 1. The van der Waals surface area contributed by atoms with Gasteiger partial charge in [0, 0.05) is 6.07 Å². The molecule has 4 nitrogen and oxygen atoms in total. The van der Waals surface area contributed by atoms with E-state index in [1.54, 1.807) is 24.4 Å². The molecule has 6 heteroatoms. The van der Waals surface area contributed by atoms with Crippen molar-refractivity contribution in [3.05, 3.63) is 33.6 Å². The number of hydrogen-bond donors (Lipinski definition) is 2. The van der Waals surface area contributed by atoms with Crippen LogP contribution in [0.25, 0.3) is 0 Å². The molecule has 1 amide bonds. The largest absolute Gasteiger partial charge is 0.306 e. The van der Waals surface area contributed by atoms with Gasteiger partial charge in [-0.25, -0.2) is 0 Å². The van der Waals surface area contributed by atoms with Crippen LogP contribution in [-0.2, 0) is 0 Å². The Labute approximate surface area is 88.9 Å². The Balaban J connectivity index is 2.10. The minimum absolute atomic E-state index is 0.189. The zero-order valence-corrected chi connectivity index (χ0v) is 8.52. The number of anilines is 1. The number of halogens is 1. The quantitative estimate of drug-likeness (QED) is 0.828. The molecule has 2 aromatic heterocycles. The maximum Gasteiger partial charge on any atom is 0.266 e. The molecule has 2 heterocycles. The Kier molecular flexibility index (Phi) is 2.51. The molecule has 0 unspecified atom stereocenters. The lowest BCUT2D eigenvalue weighted by Gasteiger charge is -1.97. The van der Waals surface area contributed by atoms with Crippen LogP contribution in [0.3, 0.4) is 0 Å². The number of aromatic nitrogens is 2. The van der Waals surface area contributed by atoms with Crippen molar-refractivity contribution < 1.29 is 4.79 Å². The number of thiophene rings is 1. The molecule has 14 heavy (non-hydrogen) atoms. The van der Waals surface area contributed by atoms with E-state index in [1.807, 2.05) is 0 Å². The number of amides is 1. The summed E-state index contributed by atoms with van der Waals surface area (Å²) in [4.78, 5) is 12.1. The standard InChI is InChI=1S/C8H6ClN3OS/c9-6-2-1-5(14-6)8(13)11-7-3-4-10-12-7/h1-4H,(H2,10,11,12,13). The molecule has 2 rings (SSSR count). The van der Waals surface area contributed by atoms with Crippen molar-refractivity contribution in [2.45, 2.75) is 0 Å². The summed E-state index contributed by atoms with van der Waals surface area (Å²) in [6, 6.07) is 5.04. The number of nitrogens with one attached hydrogen (secondary N) is 2. The van der Waals surface area contributed by atoms with Crippen LogP contribution >= 0.6 is 22.9 Å². The van der Waals surface area contributed by atoms with Gasteiger partial charge in [0.2, 0.25) is 0 Å². The highest BCUT2D eigenvalue weighted by molar-refractivity contribution is 7.18. The number of H-pyrrole nitrogens is 1. The van der Waals surface area contributed by atoms with E-state index in [4.69, 9.17) is 11.6 Å². The van der Waals surface area contributed by atoms with E-state index < -0.39 is 0 Å². The zero-order chi connectivity index (χ0) is 9.97. The molecule has 72 valence electrons. The highest BCUT2D eigenvalue weighted by atomic mass is 35.5. The molecule has 0 atom stereocenters. The molecule has 0 fully saturated rings. The van der Waals surface area contributed by atoms with E-state index >= 15 is 0 Å². The fourth-order valence-corrected chi connectivity index (χ4v) is 1.88. The second kappa shape index (κ2) is 3.81. The summed E-state index contributed by atoms with van der Waals surface area (Å²) in [6.07, 6.45) is 1.57. The van der Waals surface area contributed by atoms with Gasteiger partial charge in [-0.3, -0.25) is 9.89 Å². The van der Waals surface area contributed by atoms with Gasteiger partial charge in [-0.05, 0) is 12.1 Å². The SMILES string of the molecule is O=C(Nc1ccn[nH]1)c1ccc(Cl)s1. The third kappa shape index (κ3) is 1.94. The predicted octanol–water partition coefficient (Wildman–Crippen LogP) is 2.38. The van der Waals surface area contributed by atoms with Crippen molar-refractivity contribution >= 4 is 34.7 Å². The maximum atomic E-state index is 11.5. The van der Waals surface area contributed by atoms with Gasteiger partial charge in [0.25, 0.3) is 5.91 Å². The molecule has 2 N–H and O–H groups in total. The molecule has 0 spiro atoms. The van der Waals surface area contributed by atoms with Crippen LogP contribution in [0, 0.1) is 0 Å². The predicted molar refractivity (Wildman–Crippen MR) is 55.9 cm³/mol. The third-order valence-corrected chi connectivity index (χ3v) is 2.78. The Morgan fingerprint density at radius 1 is 1.50 bits per heavy atom. The minimum Gasteiger partial charge on any atom is -0.306 e. The Morgan fingerprint density at radius 2 is 2.36 bits per heavy atom. The normalized spacial score (nSPS) is 10.1. The van der Waals surface area contributed by atoms with Crippen LogP contribution in [0.1, 0.15) is 9.67 Å². The first-order valence-electron chi connectivity index (χ1n) is 3.82. The zero-order valence-electron chi connectivity index (χ0n) is 6.95. The van der Waals surface area contributed by atoms with Crippen molar-refractivity contribution in [1.82, 2.24) is 10.2 Å². The topological polar surface area (TPSA) is 57.8 Å². The summed E-state index contributed by atoms with van der Waals surface area (Å²) in [5, 5.41) is 8.99. The molecule has 0 aliphatic heterocycles. The summed E-state index contributed by atoms with van der Waals surface area (Å²) in [6.45, 7) is 0. The Bertz CT molecular complexity index is 437. The first-order chi connectivity index (χ1) is 6.75. The van der Waals surface area contributed by atoms with E-state index in [-0.39, 0.29) is 5.91 Å². The summed E-state index contributed by atoms with van der Waals surface area (Å²) >= 11 is 6.94. The van der Waals surface area contributed by atoms with E-state index in [2.05, 4.69) is 15.5 Å². The smallest absolute Gasteiger partial charge is 0.266 e. The first kappa shape index (κ1) is 9.23. The van der Waals surface area contributed by atoms with E-state index in [0.717, 1.165) is 0 Å². The highest BCUT2D eigenvalue weighted by Gasteiger charge is 2.08. The molecule has 0 aliphatic rings. The molecule has 0 saturated heterocycles. The van der Waals surface area contributed by atoms with Gasteiger partial charge in [-0.2, -0.15) is 5.10 Å². The van der Waals surface area contributed by atoms with Gasteiger partial charge in [-0.15, -0.1) is 11.3 Å². The number of rotatable bonds is 2. The van der Waals surface area contributed by atoms with Crippen molar-refractivity contribution in [1.29, 1.82) is 0 Å². The van der Waals surface area contributed by atoms with Gasteiger partial charge >= 0.3 is 0 Å². The Morgan fingerprint density at radius 3 is 2.93 bits per heavy atom. The monoisotopic (exact) mass is 227 g/mol. The number of nitrogens with zero attached hydrogens (tertiary/aromatic N) is 1. The number of carbonyl (C=O) groups is 1. The van der Waals surface area contributed by atoms with Crippen LogP contribution in [0.2, 0.25) is 4.34 Å². The lowest BCUT2D eigenvalue weighted by atomic mass is 10.4. The summed E-state index contributed by atoms with van der Waals surface area (Å²) < 4.78 is 0.597. The van der Waals surface area contributed by atoms with Gasteiger partial charge in [0.05, 0.1) is 15.4 Å². The minimum atomic E-state index is -0.189. The fourth-order valence-electron chi connectivity index (χ4n) is 0.946. The average molecular weight is 228 g/mol. The van der Waals surface area contributed by atoms with Gasteiger partial charge in [-0.1, -0.05) is 11.6 Å². The molecule has 0 radical (unpaired) electrons. The molecule has 0 aliphatic carbocycles. The van der Waals surface area contributed by atoms with E-state index in [0.29, 0.717) is 15.0 Å². The number of carbonyl (C=O) groups excluding carboxylic acids is 1. The van der Waals surface area contributed by atoms with E-state index in [9.17, 15) is 4.79 Å². The van der Waals surface area contributed by atoms with Gasteiger partial charge in [0.1, 0.15) is 5.82 Å². The van der Waals surface area contributed by atoms with Crippen LogP contribution < -0.4 is 5.32 Å². The third-order valence-electron chi connectivity index (χ3n) is 1.55. The highest BCUT2D eigenvalue weighted by Crippen LogP contribution is 2.21. The molecule has 0 bridgehead atoms. The van der Waals surface area contributed by atoms with Crippen molar-refractivity contribution in [3.8, 4) is 0 Å². The molecular weight excluding hydrogens is 222 g/mol. The second-order valence-electron chi connectivity index (χ2n) is 2.53. The summed E-state index contributed by atoms with van der Waals surface area (Å²) in [5.41, 5.74) is 0. The molecular formula is C8H6ClN3OS. The lowest BCUT2D eigenvalue weighted by molar-refractivity contribution is 0.103. The van der Waals surface area contributed by atoms with Crippen LogP contribution in [0.5, 0.6) is 0 Å². The van der Waals surface area contributed by atoms with E-state index in [1.165, 1.54) is 11.3 Å². The van der Waals surface area contributed by atoms with Crippen LogP contribution in [0.4, 0.5) is 5.82 Å². The second-order valence-corrected chi connectivity index (χ2v) is 4.24. The molecule has 0 saturated carbocycles. The van der Waals surface area contributed by atoms with Gasteiger partial charge < -0.3 is 5.32 Å².